The van der Waals surface area contributed by atoms with Crippen LogP contribution in [-0.2, 0) is 23.2 Å². The summed E-state index contributed by atoms with van der Waals surface area (Å²) in [6, 6.07) is 2.38. The van der Waals surface area contributed by atoms with Crippen LogP contribution in [0.15, 0.2) is 36.4 Å². The molecule has 258 valence electrons. The summed E-state index contributed by atoms with van der Waals surface area (Å²) in [6.07, 6.45) is -10.4. The Morgan fingerprint density at radius 1 is 0.479 bits per heavy atom. The molecule has 0 atom stereocenters. The van der Waals surface area contributed by atoms with E-state index >= 15 is 0 Å². The molecule has 0 amide bonds. The fourth-order valence-electron chi connectivity index (χ4n) is 4.40. The van der Waals surface area contributed by atoms with Crippen molar-refractivity contribution in [3.8, 4) is 23.0 Å². The highest BCUT2D eigenvalue weighted by molar-refractivity contribution is 5.67. The lowest BCUT2D eigenvalue weighted by molar-refractivity contribution is -0.396. The van der Waals surface area contributed by atoms with E-state index in [-0.39, 0.29) is 46.9 Å². The summed E-state index contributed by atoms with van der Waals surface area (Å²) in [4.78, 5) is 42.0. The molecule has 0 unspecified atom stereocenters. The van der Waals surface area contributed by atoms with Gasteiger partial charge in [0.15, 0.2) is 0 Å². The normalized spacial score (nSPS) is 12.4. The van der Waals surface area contributed by atoms with Crippen molar-refractivity contribution in [2.45, 2.75) is 64.7 Å². The largest absolute Gasteiger partial charge is 0.444 e. The van der Waals surface area contributed by atoms with Gasteiger partial charge in [0.1, 0.15) is 11.5 Å². The van der Waals surface area contributed by atoms with Crippen molar-refractivity contribution in [2.75, 3.05) is 0 Å². The van der Waals surface area contributed by atoms with Gasteiger partial charge in [0.25, 0.3) is 11.5 Å². The Hall–Kier alpha value is -5.56. The lowest BCUT2D eigenvalue weighted by Gasteiger charge is -2.29. The first-order valence-corrected chi connectivity index (χ1v) is 13.3. The summed E-state index contributed by atoms with van der Waals surface area (Å²) in [7, 11) is 0. The van der Waals surface area contributed by atoms with Crippen molar-refractivity contribution in [1.29, 1.82) is 0 Å². The molecule has 3 rings (SSSR count). The van der Waals surface area contributed by atoms with Crippen LogP contribution < -0.4 is 9.47 Å². The molecule has 0 aliphatic carbocycles. The van der Waals surface area contributed by atoms with Gasteiger partial charge in [-0.25, -0.2) is 0 Å². The Kier molecular flexibility index (Phi) is 9.40. The van der Waals surface area contributed by atoms with Gasteiger partial charge in [0.05, 0.1) is 30.8 Å². The minimum atomic E-state index is -5.22. The number of nitro groups is 4. The van der Waals surface area contributed by atoms with E-state index < -0.39 is 88.3 Å². The fourth-order valence-corrected chi connectivity index (χ4v) is 4.40. The second-order valence-corrected chi connectivity index (χ2v) is 12.3. The molecule has 3 aromatic rings. The molecule has 14 nitrogen and oxygen atoms in total. The summed E-state index contributed by atoms with van der Waals surface area (Å²) in [5.41, 5.74) is -11.4. The smallest absolute Gasteiger partial charge is 0.416 e. The van der Waals surface area contributed by atoms with Crippen molar-refractivity contribution < 1.29 is 55.5 Å². The number of rotatable bonds is 8. The highest BCUT2D eigenvalue weighted by atomic mass is 19.4. The third-order valence-corrected chi connectivity index (χ3v) is 6.66. The third kappa shape index (κ3) is 7.69. The Morgan fingerprint density at radius 3 is 0.875 bits per heavy atom. The molecule has 0 spiro atoms. The molecular formula is C28H24F6N4O10. The molecule has 0 aromatic heterocycles. The number of nitrogens with zero attached hydrogens (tertiary/aromatic N) is 4. The van der Waals surface area contributed by atoms with Crippen molar-refractivity contribution in [3.05, 3.63) is 99.1 Å². The summed E-state index contributed by atoms with van der Waals surface area (Å²) in [5, 5.41) is 47.3. The Balaban J connectivity index is 2.43. The lowest BCUT2D eigenvalue weighted by atomic mass is 9.80. The maximum atomic E-state index is 13.5. The van der Waals surface area contributed by atoms with Crippen molar-refractivity contribution in [3.63, 3.8) is 0 Å². The molecule has 3 aromatic carbocycles. The number of alkyl halides is 6. The molecule has 0 bridgehead atoms. The van der Waals surface area contributed by atoms with Gasteiger partial charge in [-0.2, -0.15) is 26.3 Å². The third-order valence-electron chi connectivity index (χ3n) is 6.66. The van der Waals surface area contributed by atoms with Gasteiger partial charge in [-0.05, 0) is 23.0 Å². The average molecular weight is 691 g/mol. The average Bonchev–Trinajstić information content (AvgIpc) is 2.90. The summed E-state index contributed by atoms with van der Waals surface area (Å²) >= 11 is 0. The van der Waals surface area contributed by atoms with E-state index in [0.29, 0.717) is 0 Å². The topological polar surface area (TPSA) is 191 Å². The van der Waals surface area contributed by atoms with Gasteiger partial charge in [0.2, 0.25) is 0 Å². The fraction of sp³-hybridized carbons (Fsp3) is 0.357. The standard InChI is InChI=1S/C28H24F6N4O10/c1-25(2,3)15-11-22(48-24-19(37(43)44)9-14(28(32,33)34)10-20(24)38(45)46)16(26(4,5)6)12-21(15)47-23-17(35(39)40)7-13(27(29,30)31)8-18(23)36(41)42/h7-12H,1-6H3. The maximum absolute atomic E-state index is 13.5. The highest BCUT2D eigenvalue weighted by Crippen LogP contribution is 2.51. The van der Waals surface area contributed by atoms with Crippen LogP contribution in [0.3, 0.4) is 0 Å². The van der Waals surface area contributed by atoms with E-state index in [4.69, 9.17) is 9.47 Å². The molecule has 20 heteroatoms. The summed E-state index contributed by atoms with van der Waals surface area (Å²) < 4.78 is 92.1. The van der Waals surface area contributed by atoms with Crippen molar-refractivity contribution >= 4 is 22.7 Å². The van der Waals surface area contributed by atoms with Crippen LogP contribution >= 0.6 is 0 Å². The summed E-state index contributed by atoms with van der Waals surface area (Å²) in [6.45, 7) is 9.13. The second-order valence-electron chi connectivity index (χ2n) is 12.3. The van der Waals surface area contributed by atoms with Crippen LogP contribution in [-0.4, -0.2) is 19.7 Å². The quantitative estimate of drug-likeness (QED) is 0.125. The van der Waals surface area contributed by atoms with Gasteiger partial charge in [-0.15, -0.1) is 0 Å². The maximum Gasteiger partial charge on any atom is 0.416 e. The molecule has 0 saturated heterocycles. The number of hydrogen-bond donors (Lipinski definition) is 0. The molecule has 0 fully saturated rings. The first-order valence-electron chi connectivity index (χ1n) is 13.3. The molecule has 48 heavy (non-hydrogen) atoms. The first kappa shape index (κ1) is 36.9. The van der Waals surface area contributed by atoms with Crippen LogP contribution in [0, 0.1) is 40.5 Å². The Morgan fingerprint density at radius 2 is 0.708 bits per heavy atom. The van der Waals surface area contributed by atoms with E-state index in [1.807, 2.05) is 0 Å². The zero-order valence-corrected chi connectivity index (χ0v) is 25.6. The van der Waals surface area contributed by atoms with E-state index in [9.17, 15) is 66.8 Å². The first-order chi connectivity index (χ1) is 21.6. The monoisotopic (exact) mass is 690 g/mol. The van der Waals surface area contributed by atoms with Gasteiger partial charge >= 0.3 is 35.1 Å². The molecule has 0 N–H and O–H groups in total. The number of hydrogen-bond acceptors (Lipinski definition) is 10. The molecule has 0 aliphatic heterocycles. The predicted octanol–water partition coefficient (Wildman–Crippen LogP) is 9.54. The number of benzene rings is 3. The molecule has 0 heterocycles. The minimum Gasteiger partial charge on any atom is -0.444 e. The van der Waals surface area contributed by atoms with Crippen LogP contribution in [0.5, 0.6) is 23.0 Å². The summed E-state index contributed by atoms with van der Waals surface area (Å²) in [5.74, 6) is -3.12. The number of ether oxygens (including phenoxy) is 2. The Labute approximate surface area is 265 Å². The van der Waals surface area contributed by atoms with Crippen LogP contribution in [0.4, 0.5) is 49.1 Å². The lowest BCUT2D eigenvalue weighted by Crippen LogP contribution is -2.18. The Bertz CT molecular complexity index is 1640. The zero-order chi connectivity index (χ0) is 36.9. The van der Waals surface area contributed by atoms with Crippen LogP contribution in [0.25, 0.3) is 0 Å². The zero-order valence-electron chi connectivity index (χ0n) is 25.6. The molecule has 0 aliphatic rings. The van der Waals surface area contributed by atoms with E-state index in [1.165, 1.54) is 41.5 Å². The molecular weight excluding hydrogens is 666 g/mol. The number of nitro benzene ring substituents is 4. The van der Waals surface area contributed by atoms with Crippen molar-refractivity contribution in [1.82, 2.24) is 0 Å². The number of halogens is 6. The van der Waals surface area contributed by atoms with E-state index in [2.05, 4.69) is 0 Å². The SMILES string of the molecule is CC(C)(C)c1cc(Oc2c([N+](=O)[O-])cc(C(F)(F)F)cc2[N+](=O)[O-])c(C(C)(C)C)cc1Oc1c([N+](=O)[O-])cc(C(F)(F)F)cc1[N+](=O)[O-]. The van der Waals surface area contributed by atoms with Crippen LogP contribution in [0.1, 0.15) is 63.8 Å². The van der Waals surface area contributed by atoms with Gasteiger partial charge in [-0.1, -0.05) is 41.5 Å². The van der Waals surface area contributed by atoms with Gasteiger partial charge < -0.3 is 9.47 Å². The van der Waals surface area contributed by atoms with Crippen LogP contribution in [0.2, 0.25) is 0 Å². The predicted molar refractivity (Wildman–Crippen MR) is 153 cm³/mol. The van der Waals surface area contributed by atoms with Gasteiger partial charge in [-0.3, -0.25) is 40.5 Å². The van der Waals surface area contributed by atoms with E-state index in [1.54, 1.807) is 0 Å². The second kappa shape index (κ2) is 12.2. The van der Waals surface area contributed by atoms with Gasteiger partial charge in [0, 0.05) is 35.4 Å². The van der Waals surface area contributed by atoms with E-state index in [0.717, 1.165) is 12.1 Å². The molecule has 0 radical (unpaired) electrons. The minimum absolute atomic E-state index is 0.0359. The van der Waals surface area contributed by atoms with Crippen molar-refractivity contribution in [2.24, 2.45) is 0 Å². The molecule has 0 saturated carbocycles. The highest BCUT2D eigenvalue weighted by Gasteiger charge is 2.41.